The molecule has 144 valence electrons. The Balaban J connectivity index is 1.61. The van der Waals surface area contributed by atoms with Gasteiger partial charge in [0.05, 0.1) is 11.0 Å². The lowest BCUT2D eigenvalue weighted by molar-refractivity contribution is -0.130. The highest BCUT2D eigenvalue weighted by Gasteiger charge is 2.27. The lowest BCUT2D eigenvalue weighted by Gasteiger charge is -2.33. The Hall–Kier alpha value is -3.09. The summed E-state index contributed by atoms with van der Waals surface area (Å²) in [6, 6.07) is 10.6. The number of rotatable bonds is 2. The number of piperidine rings is 1. The Morgan fingerprint density at radius 1 is 1.11 bits per heavy atom. The second-order valence-corrected chi connectivity index (χ2v) is 7.24. The molecule has 2 aliphatic rings. The van der Waals surface area contributed by atoms with E-state index >= 15 is 0 Å². The van der Waals surface area contributed by atoms with Crippen molar-refractivity contribution in [1.29, 1.82) is 0 Å². The molecule has 1 fully saturated rings. The lowest BCUT2D eigenvalue weighted by Crippen LogP contribution is -2.37. The molecule has 0 atom stereocenters. The molecule has 1 saturated heterocycles. The van der Waals surface area contributed by atoms with Crippen LogP contribution < -0.4 is 9.47 Å². The van der Waals surface area contributed by atoms with E-state index in [4.69, 9.17) is 14.5 Å². The molecule has 2 aromatic carbocycles. The minimum atomic E-state index is -0.305. The summed E-state index contributed by atoms with van der Waals surface area (Å²) in [6.45, 7) is 3.24. The van der Waals surface area contributed by atoms with Crippen LogP contribution in [0.4, 0.5) is 4.39 Å². The number of amides is 1. The van der Waals surface area contributed by atoms with Crippen LogP contribution in [0.25, 0.3) is 22.4 Å². The average molecular weight is 381 g/mol. The van der Waals surface area contributed by atoms with Crippen LogP contribution in [0, 0.1) is 5.82 Å². The maximum absolute atomic E-state index is 13.8. The van der Waals surface area contributed by atoms with Gasteiger partial charge in [0.15, 0.2) is 11.5 Å². The quantitative estimate of drug-likeness (QED) is 0.678. The lowest BCUT2D eigenvalue weighted by atomic mass is 10.0. The van der Waals surface area contributed by atoms with Crippen LogP contribution in [0.3, 0.4) is 0 Å². The molecule has 1 amide bonds. The molecule has 3 aromatic rings. The van der Waals surface area contributed by atoms with Crippen LogP contribution in [-0.4, -0.2) is 40.2 Å². The topological polar surface area (TPSA) is 56.6 Å². The monoisotopic (exact) mass is 381 g/mol. The van der Waals surface area contributed by atoms with E-state index in [0.29, 0.717) is 30.1 Å². The molecule has 2 aliphatic heterocycles. The summed E-state index contributed by atoms with van der Waals surface area (Å²) >= 11 is 0. The molecule has 28 heavy (non-hydrogen) atoms. The molecule has 0 aliphatic carbocycles. The van der Waals surface area contributed by atoms with Crippen molar-refractivity contribution in [3.05, 3.63) is 42.2 Å². The first-order valence-electron chi connectivity index (χ1n) is 9.43. The Morgan fingerprint density at radius 2 is 1.89 bits per heavy atom. The van der Waals surface area contributed by atoms with Gasteiger partial charge >= 0.3 is 0 Å². The van der Waals surface area contributed by atoms with Crippen molar-refractivity contribution < 1.29 is 18.7 Å². The third kappa shape index (κ3) is 2.78. The number of aromatic nitrogens is 2. The van der Waals surface area contributed by atoms with Crippen molar-refractivity contribution in [2.75, 3.05) is 19.9 Å². The summed E-state index contributed by atoms with van der Waals surface area (Å²) < 4.78 is 26.9. The molecular formula is C21H20FN3O3. The highest BCUT2D eigenvalue weighted by atomic mass is 19.1. The van der Waals surface area contributed by atoms with Gasteiger partial charge in [-0.15, -0.1) is 0 Å². The zero-order valence-electron chi connectivity index (χ0n) is 15.5. The SMILES string of the molecule is CC(=O)N1CCC(n2c(-c3ccc4c(c3)OCO4)nc3cc(F)ccc32)CC1. The molecule has 0 unspecified atom stereocenters. The van der Waals surface area contributed by atoms with Crippen molar-refractivity contribution in [3.63, 3.8) is 0 Å². The van der Waals surface area contributed by atoms with Crippen molar-refractivity contribution in [2.45, 2.75) is 25.8 Å². The van der Waals surface area contributed by atoms with E-state index in [2.05, 4.69) is 4.57 Å². The normalized spacial score (nSPS) is 16.7. The smallest absolute Gasteiger partial charge is 0.231 e. The van der Waals surface area contributed by atoms with Gasteiger partial charge < -0.3 is 18.9 Å². The van der Waals surface area contributed by atoms with Crippen molar-refractivity contribution in [3.8, 4) is 22.9 Å². The summed E-state index contributed by atoms with van der Waals surface area (Å²) in [5, 5.41) is 0. The molecule has 3 heterocycles. The van der Waals surface area contributed by atoms with E-state index < -0.39 is 0 Å². The first-order valence-corrected chi connectivity index (χ1v) is 9.43. The van der Waals surface area contributed by atoms with Crippen LogP contribution in [-0.2, 0) is 4.79 Å². The van der Waals surface area contributed by atoms with Gasteiger partial charge in [0.2, 0.25) is 12.7 Å². The number of ether oxygens (including phenoxy) is 2. The fraction of sp³-hybridized carbons (Fsp3) is 0.333. The Bertz CT molecular complexity index is 1070. The third-order valence-corrected chi connectivity index (χ3v) is 5.56. The predicted molar refractivity (Wildman–Crippen MR) is 102 cm³/mol. The van der Waals surface area contributed by atoms with Gasteiger partial charge in [-0.3, -0.25) is 4.79 Å². The van der Waals surface area contributed by atoms with Gasteiger partial charge in [-0.2, -0.15) is 0 Å². The zero-order chi connectivity index (χ0) is 19.3. The summed E-state index contributed by atoms with van der Waals surface area (Å²) in [5.74, 6) is 1.98. The van der Waals surface area contributed by atoms with Crippen molar-refractivity contribution in [2.24, 2.45) is 0 Å². The Morgan fingerprint density at radius 3 is 2.68 bits per heavy atom. The largest absolute Gasteiger partial charge is 0.454 e. The number of imidazole rings is 1. The van der Waals surface area contributed by atoms with Crippen LogP contribution in [0.15, 0.2) is 36.4 Å². The van der Waals surface area contributed by atoms with Crippen molar-refractivity contribution >= 4 is 16.9 Å². The minimum Gasteiger partial charge on any atom is -0.454 e. The third-order valence-electron chi connectivity index (χ3n) is 5.56. The molecule has 0 saturated carbocycles. The van der Waals surface area contributed by atoms with Gasteiger partial charge in [-0.1, -0.05) is 0 Å². The Kier molecular flexibility index (Phi) is 3.96. The van der Waals surface area contributed by atoms with E-state index in [0.717, 1.165) is 29.7 Å². The van der Waals surface area contributed by atoms with E-state index in [1.165, 1.54) is 12.1 Å². The van der Waals surface area contributed by atoms with E-state index in [-0.39, 0.29) is 24.6 Å². The second-order valence-electron chi connectivity index (χ2n) is 7.24. The number of hydrogen-bond acceptors (Lipinski definition) is 4. The van der Waals surface area contributed by atoms with Gasteiger partial charge in [-0.05, 0) is 43.2 Å². The highest BCUT2D eigenvalue weighted by molar-refractivity contribution is 5.81. The first kappa shape index (κ1) is 17.0. The standard InChI is InChI=1S/C21H20FN3O3/c1-13(26)24-8-6-16(7-9-24)25-18-4-3-15(22)11-17(18)23-21(25)14-2-5-19-20(10-14)28-12-27-19/h2-5,10-11,16H,6-9,12H2,1H3. The predicted octanol–water partition coefficient (Wildman–Crippen LogP) is 3.75. The molecule has 7 heteroatoms. The maximum atomic E-state index is 13.8. The van der Waals surface area contributed by atoms with Gasteiger partial charge in [-0.25, -0.2) is 9.37 Å². The molecular weight excluding hydrogens is 361 g/mol. The van der Waals surface area contributed by atoms with E-state index in [1.54, 1.807) is 13.0 Å². The number of benzene rings is 2. The summed E-state index contributed by atoms with van der Waals surface area (Å²) in [4.78, 5) is 18.3. The van der Waals surface area contributed by atoms with Crippen LogP contribution in [0.5, 0.6) is 11.5 Å². The maximum Gasteiger partial charge on any atom is 0.231 e. The minimum absolute atomic E-state index is 0.104. The number of likely N-dealkylation sites (tertiary alicyclic amines) is 1. The number of hydrogen-bond donors (Lipinski definition) is 0. The van der Waals surface area contributed by atoms with E-state index in [1.807, 2.05) is 23.1 Å². The zero-order valence-corrected chi connectivity index (χ0v) is 15.5. The van der Waals surface area contributed by atoms with Gasteiger partial charge in [0.25, 0.3) is 0 Å². The number of halogens is 1. The van der Waals surface area contributed by atoms with Crippen LogP contribution in [0.1, 0.15) is 25.8 Å². The molecule has 6 nitrogen and oxygen atoms in total. The first-order chi connectivity index (χ1) is 13.6. The molecule has 0 N–H and O–H groups in total. The summed E-state index contributed by atoms with van der Waals surface area (Å²) in [6.07, 6.45) is 1.67. The number of nitrogens with zero attached hydrogens (tertiary/aromatic N) is 3. The molecule has 0 bridgehead atoms. The summed E-state index contributed by atoms with van der Waals surface area (Å²) in [7, 11) is 0. The van der Waals surface area contributed by atoms with Crippen molar-refractivity contribution in [1.82, 2.24) is 14.5 Å². The highest BCUT2D eigenvalue weighted by Crippen LogP contribution is 2.38. The fourth-order valence-electron chi connectivity index (χ4n) is 4.12. The number of fused-ring (bicyclic) bond motifs is 2. The molecule has 1 aromatic heterocycles. The fourth-order valence-corrected chi connectivity index (χ4v) is 4.12. The summed E-state index contributed by atoms with van der Waals surface area (Å²) in [5.41, 5.74) is 2.42. The van der Waals surface area contributed by atoms with Gasteiger partial charge in [0.1, 0.15) is 11.6 Å². The van der Waals surface area contributed by atoms with E-state index in [9.17, 15) is 9.18 Å². The Labute approximate surface area is 161 Å². The van der Waals surface area contributed by atoms with Gasteiger partial charge in [0, 0.05) is 37.7 Å². The average Bonchev–Trinajstić information content (AvgIpc) is 3.31. The molecule has 0 radical (unpaired) electrons. The molecule has 5 rings (SSSR count). The van der Waals surface area contributed by atoms with Crippen LogP contribution in [0.2, 0.25) is 0 Å². The second kappa shape index (κ2) is 6.51. The van der Waals surface area contributed by atoms with Crippen LogP contribution >= 0.6 is 0 Å². The number of carbonyl (C=O) groups excluding carboxylic acids is 1. The number of carbonyl (C=O) groups is 1. The molecule has 0 spiro atoms.